The summed E-state index contributed by atoms with van der Waals surface area (Å²) < 4.78 is 0.947. The van der Waals surface area contributed by atoms with Gasteiger partial charge in [0.1, 0.15) is 0 Å². The van der Waals surface area contributed by atoms with Crippen LogP contribution in [0.15, 0.2) is 22.7 Å². The van der Waals surface area contributed by atoms with E-state index in [0.29, 0.717) is 12.6 Å². The van der Waals surface area contributed by atoms with Crippen molar-refractivity contribution >= 4 is 27.5 Å². The first-order chi connectivity index (χ1) is 9.67. The molecule has 4 heteroatoms. The lowest BCUT2D eigenvalue weighted by atomic mass is 9.93. The summed E-state index contributed by atoms with van der Waals surface area (Å²) in [5.74, 6) is 0. The number of likely N-dealkylation sites (tertiary alicyclic amines) is 1. The maximum Gasteiger partial charge on any atom is 0.0551 e. The molecule has 0 aromatic heterocycles. The van der Waals surface area contributed by atoms with Crippen molar-refractivity contribution in [2.45, 2.75) is 51.1 Å². The molecule has 2 rings (SSSR count). The Balaban J connectivity index is 2.22. The second-order valence-electron chi connectivity index (χ2n) is 5.60. The highest BCUT2D eigenvalue weighted by Crippen LogP contribution is 2.33. The highest BCUT2D eigenvalue weighted by atomic mass is 79.9. The Hall–Kier alpha value is -0.0900. The first-order valence-corrected chi connectivity index (χ1v) is 8.75. The molecule has 2 nitrogen and oxygen atoms in total. The number of nitrogens with two attached hydrogens (primary N) is 1. The molecule has 1 aromatic rings. The molecule has 1 saturated heterocycles. The lowest BCUT2D eigenvalue weighted by Gasteiger charge is -2.41. The fourth-order valence-electron chi connectivity index (χ4n) is 3.26. The minimum Gasteiger partial charge on any atom is -0.329 e. The van der Waals surface area contributed by atoms with Gasteiger partial charge in [0, 0.05) is 23.1 Å². The van der Waals surface area contributed by atoms with E-state index in [-0.39, 0.29) is 6.04 Å². The largest absolute Gasteiger partial charge is 0.329 e. The molecule has 0 spiro atoms. The Morgan fingerprint density at radius 1 is 1.45 bits per heavy atom. The van der Waals surface area contributed by atoms with Crippen molar-refractivity contribution in [1.29, 1.82) is 0 Å². The van der Waals surface area contributed by atoms with Gasteiger partial charge in [-0.2, -0.15) is 0 Å². The van der Waals surface area contributed by atoms with Crippen LogP contribution in [0.1, 0.15) is 50.6 Å². The monoisotopic (exact) mass is 358 g/mol. The van der Waals surface area contributed by atoms with Crippen LogP contribution in [-0.2, 0) is 0 Å². The summed E-state index contributed by atoms with van der Waals surface area (Å²) in [5.41, 5.74) is 7.33. The van der Waals surface area contributed by atoms with E-state index in [1.54, 1.807) is 0 Å². The van der Waals surface area contributed by atoms with Crippen molar-refractivity contribution in [3.8, 4) is 0 Å². The zero-order chi connectivity index (χ0) is 14.5. The van der Waals surface area contributed by atoms with E-state index >= 15 is 0 Å². The minimum atomic E-state index is 0.289. The number of hydrogen-bond donors (Lipinski definition) is 1. The number of halogens is 2. The van der Waals surface area contributed by atoms with Crippen molar-refractivity contribution in [3.63, 3.8) is 0 Å². The molecule has 0 aliphatic carbocycles. The van der Waals surface area contributed by atoms with E-state index in [2.05, 4.69) is 39.9 Å². The van der Waals surface area contributed by atoms with Gasteiger partial charge < -0.3 is 5.73 Å². The first kappa shape index (κ1) is 16.3. The van der Waals surface area contributed by atoms with E-state index in [9.17, 15) is 0 Å². The molecule has 0 saturated carbocycles. The third-order valence-electron chi connectivity index (χ3n) is 4.25. The van der Waals surface area contributed by atoms with Gasteiger partial charge >= 0.3 is 0 Å². The van der Waals surface area contributed by atoms with Gasteiger partial charge in [0.15, 0.2) is 0 Å². The van der Waals surface area contributed by atoms with Gasteiger partial charge in [-0.25, -0.2) is 0 Å². The third-order valence-corrected chi connectivity index (χ3v) is 5.48. The molecule has 1 fully saturated rings. The highest BCUT2D eigenvalue weighted by Gasteiger charge is 2.28. The highest BCUT2D eigenvalue weighted by molar-refractivity contribution is 9.10. The molecule has 20 heavy (non-hydrogen) atoms. The predicted octanol–water partition coefficient (Wildman–Crippen LogP) is 4.76. The van der Waals surface area contributed by atoms with Gasteiger partial charge in [-0.3, -0.25) is 4.90 Å². The van der Waals surface area contributed by atoms with Gasteiger partial charge in [0.2, 0.25) is 0 Å². The third kappa shape index (κ3) is 3.76. The van der Waals surface area contributed by atoms with Gasteiger partial charge in [-0.05, 0) is 59.4 Å². The summed E-state index contributed by atoms with van der Waals surface area (Å²) >= 11 is 9.70. The molecule has 1 aliphatic rings. The second-order valence-corrected chi connectivity index (χ2v) is 6.86. The fourth-order valence-corrected chi connectivity index (χ4v) is 3.69. The summed E-state index contributed by atoms with van der Waals surface area (Å²) in [6.45, 7) is 4.07. The first-order valence-electron chi connectivity index (χ1n) is 7.58. The van der Waals surface area contributed by atoms with Crippen LogP contribution in [0, 0.1) is 0 Å². The molecule has 0 radical (unpaired) electrons. The summed E-state index contributed by atoms with van der Waals surface area (Å²) in [6, 6.07) is 7.19. The van der Waals surface area contributed by atoms with Crippen LogP contribution >= 0.6 is 27.5 Å². The van der Waals surface area contributed by atoms with E-state index in [1.807, 2.05) is 6.07 Å². The average Bonchev–Trinajstić information content (AvgIpc) is 2.45. The number of piperidine rings is 1. The van der Waals surface area contributed by atoms with E-state index in [4.69, 9.17) is 17.3 Å². The minimum absolute atomic E-state index is 0.289. The smallest absolute Gasteiger partial charge is 0.0551 e. The summed E-state index contributed by atoms with van der Waals surface area (Å²) in [5, 5.41) is 0.769. The normalized spacial score (nSPS) is 21.9. The number of rotatable bonds is 5. The predicted molar refractivity (Wildman–Crippen MR) is 90.2 cm³/mol. The van der Waals surface area contributed by atoms with Gasteiger partial charge in [-0.1, -0.05) is 37.4 Å². The molecule has 2 unspecified atom stereocenters. The molecule has 1 aliphatic heterocycles. The van der Waals surface area contributed by atoms with Crippen molar-refractivity contribution in [2.24, 2.45) is 5.73 Å². The standard InChI is InChI=1S/C16H24BrClN2/c1-2-5-13-6-3-4-9-20(13)16(11-19)12-7-8-14(17)15(18)10-12/h7-8,10,13,16H,2-6,9,11,19H2,1H3. The zero-order valence-corrected chi connectivity index (χ0v) is 14.5. The van der Waals surface area contributed by atoms with E-state index in [1.165, 1.54) is 37.7 Å². The number of benzene rings is 1. The Morgan fingerprint density at radius 2 is 2.25 bits per heavy atom. The molecule has 112 valence electrons. The molecular formula is C16H24BrClN2. The Kier molecular flexibility index (Phi) is 6.34. The quantitative estimate of drug-likeness (QED) is 0.821. The fraction of sp³-hybridized carbons (Fsp3) is 0.625. The van der Waals surface area contributed by atoms with Crippen LogP contribution in [-0.4, -0.2) is 24.0 Å². The maximum absolute atomic E-state index is 6.25. The molecule has 0 bridgehead atoms. The van der Waals surface area contributed by atoms with Crippen LogP contribution in [0.2, 0.25) is 5.02 Å². The Bertz CT molecular complexity index is 436. The van der Waals surface area contributed by atoms with Gasteiger partial charge in [-0.15, -0.1) is 0 Å². The lowest BCUT2D eigenvalue weighted by Crippen LogP contribution is -2.44. The number of hydrogen-bond acceptors (Lipinski definition) is 2. The van der Waals surface area contributed by atoms with Crippen molar-refractivity contribution in [2.75, 3.05) is 13.1 Å². The van der Waals surface area contributed by atoms with Crippen LogP contribution < -0.4 is 5.73 Å². The van der Waals surface area contributed by atoms with E-state index in [0.717, 1.165) is 16.0 Å². The molecule has 1 aromatic carbocycles. The summed E-state index contributed by atoms with van der Waals surface area (Å²) in [4.78, 5) is 2.60. The number of nitrogens with zero attached hydrogens (tertiary/aromatic N) is 1. The van der Waals surface area contributed by atoms with Gasteiger partial charge in [0.25, 0.3) is 0 Å². The molecule has 2 atom stereocenters. The van der Waals surface area contributed by atoms with E-state index < -0.39 is 0 Å². The second kappa shape index (κ2) is 7.79. The summed E-state index contributed by atoms with van der Waals surface area (Å²) in [6.07, 6.45) is 6.43. The van der Waals surface area contributed by atoms with Crippen molar-refractivity contribution in [1.82, 2.24) is 4.90 Å². The maximum atomic E-state index is 6.25. The lowest BCUT2D eigenvalue weighted by molar-refractivity contribution is 0.0913. The zero-order valence-electron chi connectivity index (χ0n) is 12.1. The van der Waals surface area contributed by atoms with Crippen LogP contribution in [0.3, 0.4) is 0 Å². The van der Waals surface area contributed by atoms with Gasteiger partial charge in [0.05, 0.1) is 5.02 Å². The SMILES string of the molecule is CCCC1CCCCN1C(CN)c1ccc(Br)c(Cl)c1. The summed E-state index contributed by atoms with van der Waals surface area (Å²) in [7, 11) is 0. The molecular weight excluding hydrogens is 336 g/mol. The molecule has 0 amide bonds. The molecule has 1 heterocycles. The molecule has 2 N–H and O–H groups in total. The van der Waals surface area contributed by atoms with Crippen molar-refractivity contribution in [3.05, 3.63) is 33.3 Å². The Morgan fingerprint density at radius 3 is 2.90 bits per heavy atom. The van der Waals surface area contributed by atoms with Crippen LogP contribution in [0.5, 0.6) is 0 Å². The Labute approximate surface area is 135 Å². The topological polar surface area (TPSA) is 29.3 Å². The van der Waals surface area contributed by atoms with Crippen molar-refractivity contribution < 1.29 is 0 Å². The van der Waals surface area contributed by atoms with Crippen LogP contribution in [0.4, 0.5) is 0 Å². The average molecular weight is 360 g/mol. The van der Waals surface area contributed by atoms with Crippen LogP contribution in [0.25, 0.3) is 0 Å².